The normalized spacial score (nSPS) is 24.6. The predicted octanol–water partition coefficient (Wildman–Crippen LogP) is 1.66. The van der Waals surface area contributed by atoms with Crippen molar-refractivity contribution in [2.75, 3.05) is 26.7 Å². The Balaban J connectivity index is 1.92. The molecular formula is C16H24N2O2. The average Bonchev–Trinajstić information content (AvgIpc) is 2.77. The van der Waals surface area contributed by atoms with Gasteiger partial charge >= 0.3 is 0 Å². The molecule has 4 heteroatoms. The molecule has 2 unspecified atom stereocenters. The summed E-state index contributed by atoms with van der Waals surface area (Å²) in [4.78, 5) is 16.1. The molecular weight excluding hydrogens is 252 g/mol. The molecule has 0 spiro atoms. The summed E-state index contributed by atoms with van der Waals surface area (Å²) in [5, 5.41) is 9.94. The molecule has 1 saturated heterocycles. The number of likely N-dealkylation sites (tertiary alicyclic amines) is 1. The van der Waals surface area contributed by atoms with Crippen molar-refractivity contribution in [1.82, 2.24) is 9.80 Å². The molecule has 1 aliphatic heterocycles. The van der Waals surface area contributed by atoms with Crippen LogP contribution in [-0.2, 0) is 4.79 Å². The molecule has 0 bridgehead atoms. The van der Waals surface area contributed by atoms with Crippen LogP contribution in [0, 0.1) is 0 Å². The molecule has 0 aliphatic carbocycles. The van der Waals surface area contributed by atoms with Gasteiger partial charge in [-0.25, -0.2) is 0 Å². The number of carbonyl (C=O) groups is 1. The summed E-state index contributed by atoms with van der Waals surface area (Å²) >= 11 is 0. The van der Waals surface area contributed by atoms with Crippen LogP contribution < -0.4 is 0 Å². The molecule has 4 nitrogen and oxygen atoms in total. The lowest BCUT2D eigenvalue weighted by atomic mass is 10.1. The van der Waals surface area contributed by atoms with Crippen molar-refractivity contribution in [3.8, 4) is 0 Å². The van der Waals surface area contributed by atoms with Crippen LogP contribution in [0.15, 0.2) is 30.3 Å². The molecule has 110 valence electrons. The SMILES string of the molecule is CC(c1ccccc1)N(C)C(=O)CN1CCC(C)(O)C1. The molecule has 1 heterocycles. The van der Waals surface area contributed by atoms with Crippen molar-refractivity contribution in [2.24, 2.45) is 0 Å². The first-order valence-electron chi connectivity index (χ1n) is 7.14. The zero-order valence-electron chi connectivity index (χ0n) is 12.5. The number of hydrogen-bond acceptors (Lipinski definition) is 3. The lowest BCUT2D eigenvalue weighted by Crippen LogP contribution is -2.40. The van der Waals surface area contributed by atoms with Gasteiger partial charge in [0.2, 0.25) is 5.91 Å². The van der Waals surface area contributed by atoms with E-state index in [-0.39, 0.29) is 11.9 Å². The third-order valence-corrected chi connectivity index (χ3v) is 4.15. The molecule has 2 rings (SSSR count). The summed E-state index contributed by atoms with van der Waals surface area (Å²) in [6.45, 7) is 5.60. The number of likely N-dealkylation sites (N-methyl/N-ethyl adjacent to an activating group) is 1. The van der Waals surface area contributed by atoms with Crippen LogP contribution in [0.3, 0.4) is 0 Å². The summed E-state index contributed by atoms with van der Waals surface area (Å²) in [5.41, 5.74) is 0.487. The smallest absolute Gasteiger partial charge is 0.236 e. The van der Waals surface area contributed by atoms with E-state index in [4.69, 9.17) is 0 Å². The molecule has 1 aromatic carbocycles. The van der Waals surface area contributed by atoms with Gasteiger partial charge in [0, 0.05) is 20.1 Å². The summed E-state index contributed by atoms with van der Waals surface area (Å²) in [7, 11) is 1.84. The van der Waals surface area contributed by atoms with Gasteiger partial charge < -0.3 is 10.0 Å². The predicted molar refractivity (Wildman–Crippen MR) is 79.3 cm³/mol. The summed E-state index contributed by atoms with van der Waals surface area (Å²) in [6, 6.07) is 10.1. The van der Waals surface area contributed by atoms with E-state index in [9.17, 15) is 9.90 Å². The number of aliphatic hydroxyl groups is 1. The van der Waals surface area contributed by atoms with Crippen LogP contribution in [0.5, 0.6) is 0 Å². The van der Waals surface area contributed by atoms with Gasteiger partial charge in [0.1, 0.15) is 0 Å². The lowest BCUT2D eigenvalue weighted by molar-refractivity contribution is -0.132. The largest absolute Gasteiger partial charge is 0.389 e. The van der Waals surface area contributed by atoms with Gasteiger partial charge in [-0.15, -0.1) is 0 Å². The van der Waals surface area contributed by atoms with E-state index in [1.165, 1.54) is 0 Å². The highest BCUT2D eigenvalue weighted by Crippen LogP contribution is 2.22. The maximum absolute atomic E-state index is 12.3. The van der Waals surface area contributed by atoms with Crippen LogP contribution >= 0.6 is 0 Å². The van der Waals surface area contributed by atoms with Crippen LogP contribution in [0.25, 0.3) is 0 Å². The Kier molecular flexibility index (Phi) is 4.45. The average molecular weight is 276 g/mol. The molecule has 20 heavy (non-hydrogen) atoms. The summed E-state index contributed by atoms with van der Waals surface area (Å²) in [6.07, 6.45) is 0.734. The van der Waals surface area contributed by atoms with Crippen LogP contribution in [0.2, 0.25) is 0 Å². The second-order valence-corrected chi connectivity index (χ2v) is 6.05. The summed E-state index contributed by atoms with van der Waals surface area (Å²) in [5.74, 6) is 0.0963. The van der Waals surface area contributed by atoms with Crippen molar-refractivity contribution < 1.29 is 9.90 Å². The highest BCUT2D eigenvalue weighted by molar-refractivity contribution is 5.78. The molecule has 0 radical (unpaired) electrons. The molecule has 2 atom stereocenters. The van der Waals surface area contributed by atoms with E-state index in [1.54, 1.807) is 4.90 Å². The van der Waals surface area contributed by atoms with E-state index in [0.717, 1.165) is 18.5 Å². The highest BCUT2D eigenvalue weighted by atomic mass is 16.3. The number of carbonyl (C=O) groups excluding carboxylic acids is 1. The summed E-state index contributed by atoms with van der Waals surface area (Å²) < 4.78 is 0. The molecule has 0 aromatic heterocycles. The van der Waals surface area contributed by atoms with Crippen LogP contribution in [-0.4, -0.2) is 53.1 Å². The molecule has 1 aliphatic rings. The van der Waals surface area contributed by atoms with Gasteiger partial charge in [0.05, 0.1) is 18.2 Å². The van der Waals surface area contributed by atoms with E-state index in [1.807, 2.05) is 56.1 Å². The third kappa shape index (κ3) is 3.58. The topological polar surface area (TPSA) is 43.8 Å². The monoisotopic (exact) mass is 276 g/mol. The number of benzene rings is 1. The fourth-order valence-corrected chi connectivity index (χ4v) is 2.65. The second-order valence-electron chi connectivity index (χ2n) is 6.05. The lowest BCUT2D eigenvalue weighted by Gasteiger charge is -2.27. The van der Waals surface area contributed by atoms with Crippen molar-refractivity contribution >= 4 is 5.91 Å². The van der Waals surface area contributed by atoms with Crippen molar-refractivity contribution in [3.63, 3.8) is 0 Å². The Labute approximate surface area is 121 Å². The van der Waals surface area contributed by atoms with Gasteiger partial charge in [-0.05, 0) is 25.8 Å². The van der Waals surface area contributed by atoms with E-state index >= 15 is 0 Å². The first-order chi connectivity index (χ1) is 9.39. The standard InChI is InChI=1S/C16H24N2O2/c1-13(14-7-5-4-6-8-14)17(3)15(19)11-18-10-9-16(2,20)12-18/h4-8,13,20H,9-12H2,1-3H3. The number of nitrogens with zero attached hydrogens (tertiary/aromatic N) is 2. The highest BCUT2D eigenvalue weighted by Gasteiger charge is 2.32. The number of rotatable bonds is 4. The van der Waals surface area contributed by atoms with E-state index in [0.29, 0.717) is 13.1 Å². The first kappa shape index (κ1) is 15.0. The maximum Gasteiger partial charge on any atom is 0.236 e. The van der Waals surface area contributed by atoms with Gasteiger partial charge in [-0.1, -0.05) is 30.3 Å². The Morgan fingerprint density at radius 2 is 2.10 bits per heavy atom. The minimum atomic E-state index is -0.649. The Morgan fingerprint density at radius 1 is 1.45 bits per heavy atom. The van der Waals surface area contributed by atoms with Gasteiger partial charge in [0.25, 0.3) is 0 Å². The minimum absolute atomic E-state index is 0.0619. The zero-order valence-corrected chi connectivity index (χ0v) is 12.5. The molecule has 1 amide bonds. The Hall–Kier alpha value is -1.39. The van der Waals surface area contributed by atoms with E-state index < -0.39 is 5.60 Å². The molecule has 0 saturated carbocycles. The van der Waals surface area contributed by atoms with Crippen molar-refractivity contribution in [3.05, 3.63) is 35.9 Å². The van der Waals surface area contributed by atoms with Crippen LogP contribution in [0.1, 0.15) is 31.9 Å². The van der Waals surface area contributed by atoms with Gasteiger partial charge in [-0.2, -0.15) is 0 Å². The van der Waals surface area contributed by atoms with Crippen LogP contribution in [0.4, 0.5) is 0 Å². The fraction of sp³-hybridized carbons (Fsp3) is 0.562. The van der Waals surface area contributed by atoms with Gasteiger partial charge in [0.15, 0.2) is 0 Å². The van der Waals surface area contributed by atoms with Gasteiger partial charge in [-0.3, -0.25) is 9.69 Å². The number of β-amino-alcohol motifs (C(OH)–C–C–N with tert-alkyl or cyclic N) is 1. The van der Waals surface area contributed by atoms with Crippen molar-refractivity contribution in [1.29, 1.82) is 0 Å². The zero-order chi connectivity index (χ0) is 14.8. The molecule has 1 N–H and O–H groups in total. The minimum Gasteiger partial charge on any atom is -0.389 e. The van der Waals surface area contributed by atoms with E-state index in [2.05, 4.69) is 0 Å². The number of hydrogen-bond donors (Lipinski definition) is 1. The quantitative estimate of drug-likeness (QED) is 0.909. The second kappa shape index (κ2) is 5.94. The Bertz CT molecular complexity index is 459. The van der Waals surface area contributed by atoms with Crippen molar-refractivity contribution in [2.45, 2.75) is 31.9 Å². The fourth-order valence-electron chi connectivity index (χ4n) is 2.65. The third-order valence-electron chi connectivity index (χ3n) is 4.15. The molecule has 1 fully saturated rings. The number of amides is 1. The molecule has 1 aromatic rings. The maximum atomic E-state index is 12.3. The first-order valence-corrected chi connectivity index (χ1v) is 7.14. The Morgan fingerprint density at radius 3 is 2.65 bits per heavy atom.